The van der Waals surface area contributed by atoms with Crippen LogP contribution in [0.4, 0.5) is 18.9 Å². The molecule has 1 aromatic heterocycles. The van der Waals surface area contributed by atoms with Crippen LogP contribution in [0, 0.1) is 12.7 Å². The molecule has 7 heteroatoms. The average molecular weight is 335 g/mol. The molecule has 3 rings (SSSR count). The lowest BCUT2D eigenvalue weighted by atomic mass is 10.1. The second-order valence-electron chi connectivity index (χ2n) is 5.03. The lowest BCUT2D eigenvalue weighted by Crippen LogP contribution is -2.14. The molecule has 0 spiro atoms. The van der Waals surface area contributed by atoms with Gasteiger partial charge in [-0.25, -0.2) is 4.39 Å². The van der Waals surface area contributed by atoms with Crippen LogP contribution in [0.25, 0.3) is 11.0 Å². The second kappa shape index (κ2) is 6.27. The normalized spacial score (nSPS) is 11.0. The molecule has 0 aliphatic carbocycles. The van der Waals surface area contributed by atoms with Crippen molar-refractivity contribution in [3.8, 4) is 5.75 Å². The second-order valence-corrected chi connectivity index (χ2v) is 5.03. The smallest absolute Gasteiger partial charge is 0.387 e. The van der Waals surface area contributed by atoms with Crippen molar-refractivity contribution in [1.82, 2.24) is 0 Å². The van der Waals surface area contributed by atoms with Crippen LogP contribution < -0.4 is 10.1 Å². The third-order valence-electron chi connectivity index (χ3n) is 3.46. The third kappa shape index (κ3) is 3.05. The van der Waals surface area contributed by atoms with Gasteiger partial charge in [-0.05, 0) is 37.3 Å². The van der Waals surface area contributed by atoms with E-state index in [2.05, 4.69) is 10.1 Å². The van der Waals surface area contributed by atoms with Gasteiger partial charge in [0.1, 0.15) is 17.1 Å². The van der Waals surface area contributed by atoms with E-state index in [4.69, 9.17) is 4.42 Å². The predicted molar refractivity (Wildman–Crippen MR) is 81.9 cm³/mol. The Hall–Kier alpha value is -2.96. The van der Waals surface area contributed by atoms with Gasteiger partial charge in [0, 0.05) is 10.9 Å². The quantitative estimate of drug-likeness (QED) is 0.749. The number of carbonyl (C=O) groups is 1. The number of amides is 1. The summed E-state index contributed by atoms with van der Waals surface area (Å²) in [6, 6.07) is 9.70. The molecule has 2 aromatic carbocycles. The highest BCUT2D eigenvalue weighted by Crippen LogP contribution is 2.29. The molecular weight excluding hydrogens is 323 g/mol. The van der Waals surface area contributed by atoms with Crippen molar-refractivity contribution >= 4 is 22.6 Å². The zero-order chi connectivity index (χ0) is 17.3. The first-order valence-corrected chi connectivity index (χ1v) is 6.99. The Bertz CT molecular complexity index is 905. The van der Waals surface area contributed by atoms with Crippen LogP contribution in [0.2, 0.25) is 0 Å². The number of carbonyl (C=O) groups excluding carboxylic acids is 1. The lowest BCUT2D eigenvalue weighted by Gasteiger charge is -2.11. The molecule has 1 amide bonds. The van der Waals surface area contributed by atoms with E-state index in [1.54, 1.807) is 13.0 Å². The molecule has 1 heterocycles. The fraction of sp³-hybridized carbons (Fsp3) is 0.118. The van der Waals surface area contributed by atoms with Crippen molar-refractivity contribution in [2.75, 3.05) is 5.32 Å². The number of hydrogen-bond donors (Lipinski definition) is 1. The van der Waals surface area contributed by atoms with Crippen LogP contribution in [0.5, 0.6) is 5.75 Å². The molecule has 0 unspecified atom stereocenters. The highest BCUT2D eigenvalue weighted by molar-refractivity contribution is 6.07. The molecule has 0 atom stereocenters. The number of ether oxygens (including phenoxy) is 1. The number of nitrogens with one attached hydrogen (secondary N) is 1. The monoisotopic (exact) mass is 335 g/mol. The summed E-state index contributed by atoms with van der Waals surface area (Å²) in [6.45, 7) is -1.40. The summed E-state index contributed by atoms with van der Waals surface area (Å²) < 4.78 is 47.9. The molecule has 0 bridgehead atoms. The minimum absolute atomic E-state index is 0.0255. The van der Waals surface area contributed by atoms with Gasteiger partial charge >= 0.3 is 6.61 Å². The van der Waals surface area contributed by atoms with Crippen LogP contribution in [0.3, 0.4) is 0 Å². The van der Waals surface area contributed by atoms with Crippen molar-refractivity contribution in [2.24, 2.45) is 0 Å². The third-order valence-corrected chi connectivity index (χ3v) is 3.46. The van der Waals surface area contributed by atoms with Gasteiger partial charge < -0.3 is 14.5 Å². The summed E-state index contributed by atoms with van der Waals surface area (Å²) in [7, 11) is 0. The molecule has 24 heavy (non-hydrogen) atoms. The molecule has 1 N–H and O–H groups in total. The van der Waals surface area contributed by atoms with Gasteiger partial charge in [0.05, 0.1) is 5.69 Å². The number of hydrogen-bond acceptors (Lipinski definition) is 3. The lowest BCUT2D eigenvalue weighted by molar-refractivity contribution is -0.0493. The number of rotatable bonds is 4. The molecule has 4 nitrogen and oxygen atoms in total. The minimum Gasteiger partial charge on any atom is -0.451 e. The van der Waals surface area contributed by atoms with E-state index in [0.29, 0.717) is 16.5 Å². The van der Waals surface area contributed by atoms with Gasteiger partial charge in [-0.1, -0.05) is 12.1 Å². The Morgan fingerprint density at radius 1 is 1.21 bits per heavy atom. The Kier molecular flexibility index (Phi) is 4.16. The fourth-order valence-corrected chi connectivity index (χ4v) is 2.36. The van der Waals surface area contributed by atoms with E-state index in [-0.39, 0.29) is 17.2 Å². The van der Waals surface area contributed by atoms with Gasteiger partial charge in [-0.15, -0.1) is 0 Å². The van der Waals surface area contributed by atoms with Gasteiger partial charge in [0.25, 0.3) is 5.91 Å². The molecule has 0 saturated carbocycles. The number of fused-ring (bicyclic) bond motifs is 1. The number of anilines is 1. The summed E-state index contributed by atoms with van der Waals surface area (Å²) in [4.78, 5) is 12.4. The average Bonchev–Trinajstić information content (AvgIpc) is 2.85. The topological polar surface area (TPSA) is 51.5 Å². The number of furan rings is 1. The van der Waals surface area contributed by atoms with E-state index in [1.165, 1.54) is 36.4 Å². The number of alkyl halides is 2. The number of benzene rings is 2. The maximum Gasteiger partial charge on any atom is 0.387 e. The number of aryl methyl sites for hydroxylation is 1. The van der Waals surface area contributed by atoms with Crippen molar-refractivity contribution in [3.05, 3.63) is 59.6 Å². The Balaban J connectivity index is 1.92. The van der Waals surface area contributed by atoms with E-state index >= 15 is 0 Å². The Labute approximate surface area is 134 Å². The fourth-order valence-electron chi connectivity index (χ4n) is 2.36. The van der Waals surface area contributed by atoms with Crippen LogP contribution >= 0.6 is 0 Å². The van der Waals surface area contributed by atoms with Crippen molar-refractivity contribution in [3.63, 3.8) is 0 Å². The van der Waals surface area contributed by atoms with E-state index in [9.17, 15) is 18.0 Å². The molecule has 124 valence electrons. The Morgan fingerprint density at radius 2 is 1.96 bits per heavy atom. The van der Waals surface area contributed by atoms with Crippen molar-refractivity contribution in [1.29, 1.82) is 0 Å². The van der Waals surface area contributed by atoms with E-state index in [1.807, 2.05) is 0 Å². The van der Waals surface area contributed by atoms with Crippen molar-refractivity contribution in [2.45, 2.75) is 13.5 Å². The summed E-state index contributed by atoms with van der Waals surface area (Å²) in [5.41, 5.74) is 0.888. The van der Waals surface area contributed by atoms with Crippen molar-refractivity contribution < 1.29 is 27.1 Å². The highest BCUT2D eigenvalue weighted by Gasteiger charge is 2.20. The first kappa shape index (κ1) is 15.9. The summed E-state index contributed by atoms with van der Waals surface area (Å²) >= 11 is 0. The number of halogens is 3. The first-order valence-electron chi connectivity index (χ1n) is 6.99. The van der Waals surface area contributed by atoms with Crippen LogP contribution in [-0.4, -0.2) is 12.5 Å². The highest BCUT2D eigenvalue weighted by atomic mass is 19.3. The van der Waals surface area contributed by atoms with Gasteiger partial charge in [-0.2, -0.15) is 8.78 Å². The molecule has 0 aliphatic rings. The molecule has 0 saturated heterocycles. The first-order chi connectivity index (χ1) is 11.5. The maximum absolute atomic E-state index is 13.3. The predicted octanol–water partition coefficient (Wildman–Crippen LogP) is 4.73. The van der Waals surface area contributed by atoms with Gasteiger partial charge in [0.15, 0.2) is 5.76 Å². The number of para-hydroxylation sites is 2. The summed E-state index contributed by atoms with van der Waals surface area (Å²) in [5.74, 6) is -1.29. The van der Waals surface area contributed by atoms with Crippen LogP contribution in [0.1, 0.15) is 16.1 Å². The van der Waals surface area contributed by atoms with Crippen LogP contribution in [-0.2, 0) is 0 Å². The van der Waals surface area contributed by atoms with Gasteiger partial charge in [0.2, 0.25) is 0 Å². The summed E-state index contributed by atoms with van der Waals surface area (Å²) in [6.07, 6.45) is 0. The largest absolute Gasteiger partial charge is 0.451 e. The maximum atomic E-state index is 13.3. The van der Waals surface area contributed by atoms with E-state index in [0.717, 1.165) is 0 Å². The molecule has 0 aliphatic heterocycles. The standard InChI is InChI=1S/C17H12F3NO3/c1-9-11-8-10(18)6-7-13(11)23-15(9)16(22)21-12-4-2-3-5-14(12)24-17(19)20/h2-8,17H,1H3,(H,21,22). The SMILES string of the molecule is Cc1c(C(=O)Nc2ccccc2OC(F)F)oc2ccc(F)cc12. The molecule has 0 radical (unpaired) electrons. The zero-order valence-electron chi connectivity index (χ0n) is 12.5. The molecule has 0 fully saturated rings. The molecular formula is C17H12F3NO3. The van der Waals surface area contributed by atoms with Gasteiger partial charge in [-0.3, -0.25) is 4.79 Å². The minimum atomic E-state index is -3.01. The zero-order valence-corrected chi connectivity index (χ0v) is 12.5. The summed E-state index contributed by atoms with van der Waals surface area (Å²) in [5, 5.41) is 2.93. The Morgan fingerprint density at radius 3 is 2.71 bits per heavy atom. The van der Waals surface area contributed by atoms with E-state index < -0.39 is 18.3 Å². The van der Waals surface area contributed by atoms with Crippen LogP contribution in [0.15, 0.2) is 46.9 Å². The molecule has 3 aromatic rings.